The van der Waals surface area contributed by atoms with Gasteiger partial charge in [-0.2, -0.15) is 0 Å². The topological polar surface area (TPSA) is 110 Å². The highest BCUT2D eigenvalue weighted by Gasteiger charge is 2.71. The monoisotopic (exact) mass is 638 g/mol. The lowest BCUT2D eigenvalue weighted by molar-refractivity contribution is -0.234. The van der Waals surface area contributed by atoms with E-state index in [4.69, 9.17) is 9.47 Å². The number of aliphatic hydroxyl groups is 1. The van der Waals surface area contributed by atoms with Crippen molar-refractivity contribution in [1.82, 2.24) is 0 Å². The first kappa shape index (κ1) is 34.3. The highest BCUT2D eigenvalue weighted by Crippen LogP contribution is 2.74. The Labute approximate surface area is 272 Å². The molecule has 5 rings (SSSR count). The molecule has 1 aromatic rings. The normalized spacial score (nSPS) is 39.3. The number of allylic oxidation sites excluding steroid dienone is 2. The predicted molar refractivity (Wildman–Crippen MR) is 172 cm³/mol. The molecular formula is C38H51FO7. The number of hydrogen-bond donors (Lipinski definition) is 2. The third-order valence-electron chi connectivity index (χ3n) is 12.9. The van der Waals surface area contributed by atoms with Crippen LogP contribution in [0.4, 0.5) is 4.39 Å². The summed E-state index contributed by atoms with van der Waals surface area (Å²) in [5.41, 5.74) is 1.46. The summed E-state index contributed by atoms with van der Waals surface area (Å²) in [4.78, 5) is 38.1. The Morgan fingerprint density at radius 3 is 2.28 bits per heavy atom. The standard InChI is InChI=1S/C38H51FO7/c1-21(2)9-8-10-26(34(42)43)32-28-19-29(41)33-36(5)17-16-30(46-35(44)24-11-13-25(39)14-12-24)22(3)27(36)15-18-37(33,6)38(28,7)20-31(32)45-23(4)40/h9,11-14,22,27-31,33,41H,8,10,15-20H2,1-7H3,(H,42,43)/b32-26-/t22-,27-,28-,29+,30+,31-,33?,36-,37-,38-/m0/s1. The van der Waals surface area contributed by atoms with Crippen LogP contribution < -0.4 is 0 Å². The van der Waals surface area contributed by atoms with Crippen LogP contribution in [-0.2, 0) is 19.1 Å². The maximum absolute atomic E-state index is 13.4. The lowest BCUT2D eigenvalue weighted by atomic mass is 9.36. The van der Waals surface area contributed by atoms with Gasteiger partial charge < -0.3 is 19.7 Å². The van der Waals surface area contributed by atoms with Gasteiger partial charge in [-0.25, -0.2) is 14.0 Å². The van der Waals surface area contributed by atoms with Crippen molar-refractivity contribution in [2.45, 2.75) is 118 Å². The van der Waals surface area contributed by atoms with Crippen LogP contribution in [0, 0.1) is 45.7 Å². The van der Waals surface area contributed by atoms with Gasteiger partial charge in [0.05, 0.1) is 11.7 Å². The van der Waals surface area contributed by atoms with Crippen LogP contribution in [0.25, 0.3) is 0 Å². The number of carboxylic acid groups (broad SMARTS) is 1. The van der Waals surface area contributed by atoms with Gasteiger partial charge >= 0.3 is 17.9 Å². The van der Waals surface area contributed by atoms with E-state index in [0.29, 0.717) is 48.8 Å². The van der Waals surface area contributed by atoms with E-state index in [9.17, 15) is 29.0 Å². The van der Waals surface area contributed by atoms with Gasteiger partial charge in [0, 0.05) is 12.5 Å². The molecule has 8 heteroatoms. The molecule has 2 N–H and O–H groups in total. The van der Waals surface area contributed by atoms with Crippen LogP contribution in [0.3, 0.4) is 0 Å². The number of carbonyl (C=O) groups is 3. The molecule has 0 bridgehead atoms. The summed E-state index contributed by atoms with van der Waals surface area (Å²) in [6.07, 6.45) is 5.46. The number of rotatable bonds is 7. The van der Waals surface area contributed by atoms with Crippen molar-refractivity contribution in [3.63, 3.8) is 0 Å². The molecule has 0 saturated heterocycles. The molecule has 0 aromatic heterocycles. The molecule has 10 atom stereocenters. The maximum atomic E-state index is 13.4. The molecular weight excluding hydrogens is 587 g/mol. The molecule has 0 spiro atoms. The number of ether oxygens (including phenoxy) is 2. The molecule has 1 unspecified atom stereocenters. The SMILES string of the molecule is CC(=O)O[C@H]1C[C@@]2(C)[C@@H](C[C@@H](O)C3[C@]2(C)CC[C@H]2[C@H](C)[C@H](OC(=O)c4ccc(F)cc4)CC[C@]32C)/C1=C(\CCC=C(C)C)C(=O)O. The van der Waals surface area contributed by atoms with Gasteiger partial charge in [-0.05, 0) is 135 Å². The zero-order valence-corrected chi connectivity index (χ0v) is 28.4. The van der Waals surface area contributed by atoms with Crippen LogP contribution in [0.2, 0.25) is 0 Å². The summed E-state index contributed by atoms with van der Waals surface area (Å²) in [6.45, 7) is 14.3. The van der Waals surface area contributed by atoms with Gasteiger partial charge in [0.2, 0.25) is 0 Å². The van der Waals surface area contributed by atoms with Crippen LogP contribution in [-0.4, -0.2) is 46.4 Å². The maximum Gasteiger partial charge on any atom is 0.338 e. The summed E-state index contributed by atoms with van der Waals surface area (Å²) in [5, 5.41) is 22.6. The highest BCUT2D eigenvalue weighted by atomic mass is 19.1. The summed E-state index contributed by atoms with van der Waals surface area (Å²) >= 11 is 0. The molecule has 4 aliphatic rings. The number of aliphatic carboxylic acids is 1. The second-order valence-electron chi connectivity index (χ2n) is 15.5. The smallest absolute Gasteiger partial charge is 0.338 e. The molecule has 0 heterocycles. The van der Waals surface area contributed by atoms with Crippen LogP contribution >= 0.6 is 0 Å². The van der Waals surface area contributed by atoms with Crippen molar-refractivity contribution >= 4 is 17.9 Å². The van der Waals surface area contributed by atoms with Gasteiger partial charge in [-0.3, -0.25) is 4.79 Å². The lowest BCUT2D eigenvalue weighted by Crippen LogP contribution is -2.65. The average molecular weight is 639 g/mol. The first-order valence-electron chi connectivity index (χ1n) is 16.9. The fraction of sp³-hybridized carbons (Fsp3) is 0.658. The number of halogens is 1. The average Bonchev–Trinajstić information content (AvgIpc) is 3.23. The van der Waals surface area contributed by atoms with Gasteiger partial charge in [0.15, 0.2) is 0 Å². The second-order valence-corrected chi connectivity index (χ2v) is 15.5. The van der Waals surface area contributed by atoms with Crippen molar-refractivity contribution in [3.8, 4) is 0 Å². The van der Waals surface area contributed by atoms with E-state index in [2.05, 4.69) is 27.7 Å². The van der Waals surface area contributed by atoms with Crippen LogP contribution in [0.15, 0.2) is 47.1 Å². The Morgan fingerprint density at radius 1 is 1.00 bits per heavy atom. The summed E-state index contributed by atoms with van der Waals surface area (Å²) < 4.78 is 25.4. The molecule has 46 heavy (non-hydrogen) atoms. The van der Waals surface area contributed by atoms with Crippen molar-refractivity contribution < 1.29 is 38.5 Å². The van der Waals surface area contributed by atoms with Crippen molar-refractivity contribution in [2.24, 2.45) is 39.9 Å². The minimum atomic E-state index is -0.988. The van der Waals surface area contributed by atoms with E-state index >= 15 is 0 Å². The van der Waals surface area contributed by atoms with Crippen molar-refractivity contribution in [3.05, 3.63) is 58.4 Å². The molecule has 4 fully saturated rings. The summed E-state index contributed by atoms with van der Waals surface area (Å²) in [7, 11) is 0. The molecule has 0 aliphatic heterocycles. The van der Waals surface area contributed by atoms with Gasteiger partial charge in [-0.1, -0.05) is 39.3 Å². The Kier molecular flexibility index (Phi) is 9.37. The quantitative estimate of drug-likeness (QED) is 0.179. The zero-order chi connectivity index (χ0) is 33.8. The van der Waals surface area contributed by atoms with E-state index in [1.807, 2.05) is 19.9 Å². The van der Waals surface area contributed by atoms with Gasteiger partial charge in [0.1, 0.15) is 18.0 Å². The summed E-state index contributed by atoms with van der Waals surface area (Å²) in [6, 6.07) is 5.41. The van der Waals surface area contributed by atoms with E-state index in [1.165, 1.54) is 31.2 Å². The van der Waals surface area contributed by atoms with Gasteiger partial charge in [0.25, 0.3) is 0 Å². The Bertz CT molecular complexity index is 1430. The van der Waals surface area contributed by atoms with Crippen molar-refractivity contribution in [2.75, 3.05) is 0 Å². The Hall–Kier alpha value is -3.00. The molecule has 4 aliphatic carbocycles. The minimum Gasteiger partial charge on any atom is -0.478 e. The number of hydrogen-bond acceptors (Lipinski definition) is 6. The van der Waals surface area contributed by atoms with Crippen LogP contribution in [0.5, 0.6) is 0 Å². The number of carbonyl (C=O) groups excluding carboxylic acids is 2. The molecule has 1 aromatic carbocycles. The number of aliphatic hydroxyl groups excluding tert-OH is 1. The van der Waals surface area contributed by atoms with Crippen LogP contribution in [0.1, 0.15) is 110 Å². The molecule has 7 nitrogen and oxygen atoms in total. The Morgan fingerprint density at radius 2 is 1.67 bits per heavy atom. The van der Waals surface area contributed by atoms with E-state index in [0.717, 1.165) is 24.8 Å². The largest absolute Gasteiger partial charge is 0.478 e. The minimum absolute atomic E-state index is 0.0620. The van der Waals surface area contributed by atoms with Gasteiger partial charge in [-0.15, -0.1) is 0 Å². The number of fused-ring (bicyclic) bond motifs is 5. The van der Waals surface area contributed by atoms with E-state index in [1.54, 1.807) is 0 Å². The predicted octanol–water partition coefficient (Wildman–Crippen LogP) is 7.67. The lowest BCUT2D eigenvalue weighted by Gasteiger charge is -2.69. The number of esters is 2. The third kappa shape index (κ3) is 5.73. The molecule has 0 radical (unpaired) electrons. The number of carboxylic acids is 1. The highest BCUT2D eigenvalue weighted by molar-refractivity contribution is 5.89. The molecule has 252 valence electrons. The molecule has 0 amide bonds. The fourth-order valence-electron chi connectivity index (χ4n) is 10.7. The second kappa shape index (κ2) is 12.6. The zero-order valence-electron chi connectivity index (χ0n) is 28.4. The molecule has 4 saturated carbocycles. The van der Waals surface area contributed by atoms with E-state index in [-0.39, 0.29) is 40.6 Å². The first-order chi connectivity index (χ1) is 21.5. The number of benzene rings is 1. The fourth-order valence-corrected chi connectivity index (χ4v) is 10.7. The summed E-state index contributed by atoms with van der Waals surface area (Å²) in [5.74, 6) is -2.29. The Balaban J connectivity index is 1.47. The third-order valence-corrected chi connectivity index (χ3v) is 12.9. The van der Waals surface area contributed by atoms with Crippen molar-refractivity contribution in [1.29, 1.82) is 0 Å². The van der Waals surface area contributed by atoms with E-state index < -0.39 is 41.3 Å². The first-order valence-corrected chi connectivity index (χ1v) is 16.9.